The van der Waals surface area contributed by atoms with E-state index in [0.717, 1.165) is 18.7 Å². The van der Waals surface area contributed by atoms with Crippen molar-refractivity contribution in [2.45, 2.75) is 19.8 Å². The number of nitrogens with one attached hydrogen (secondary N) is 1. The van der Waals surface area contributed by atoms with E-state index in [1.54, 1.807) is 30.2 Å². The Morgan fingerprint density at radius 3 is 2.70 bits per heavy atom. The van der Waals surface area contributed by atoms with Gasteiger partial charge in [-0.25, -0.2) is 0 Å². The number of carbonyl (C=O) groups is 1. The quantitative estimate of drug-likeness (QED) is 0.795. The minimum Gasteiger partial charge on any atom is -0.493 e. The molecule has 0 spiro atoms. The van der Waals surface area contributed by atoms with Crippen LogP contribution in [0.1, 0.15) is 30.1 Å². The van der Waals surface area contributed by atoms with Crippen molar-refractivity contribution < 1.29 is 19.2 Å². The van der Waals surface area contributed by atoms with E-state index in [0.29, 0.717) is 23.7 Å². The third kappa shape index (κ3) is 3.97. The number of quaternary nitrogens is 1. The highest BCUT2D eigenvalue weighted by Crippen LogP contribution is 2.27. The van der Waals surface area contributed by atoms with Crippen molar-refractivity contribution in [3.63, 3.8) is 0 Å². The topological polar surface area (TPSA) is 40.0 Å². The average Bonchev–Trinajstić information content (AvgIpc) is 2.49. The van der Waals surface area contributed by atoms with Crippen molar-refractivity contribution in [3.05, 3.63) is 23.8 Å². The number of piperidine rings is 1. The van der Waals surface area contributed by atoms with E-state index in [-0.39, 0.29) is 0 Å². The summed E-state index contributed by atoms with van der Waals surface area (Å²) in [6.45, 7) is 6.51. The molecule has 1 saturated heterocycles. The van der Waals surface area contributed by atoms with Crippen LogP contribution in [-0.2, 0) is 0 Å². The summed E-state index contributed by atoms with van der Waals surface area (Å²) >= 11 is 0. The van der Waals surface area contributed by atoms with Crippen LogP contribution in [0.15, 0.2) is 18.2 Å². The van der Waals surface area contributed by atoms with Crippen molar-refractivity contribution in [2.24, 2.45) is 5.92 Å². The van der Waals surface area contributed by atoms with Crippen LogP contribution < -0.4 is 14.4 Å². The minimum atomic E-state index is 0.602. The molecule has 0 unspecified atom stereocenters. The summed E-state index contributed by atoms with van der Waals surface area (Å²) in [6, 6.07) is 5.26. The van der Waals surface area contributed by atoms with Crippen LogP contribution >= 0.6 is 0 Å². The van der Waals surface area contributed by atoms with Gasteiger partial charge in [0.15, 0.2) is 11.5 Å². The van der Waals surface area contributed by atoms with E-state index in [4.69, 9.17) is 9.47 Å². The molecule has 1 fully saturated rings. The fraction of sp³-hybridized carbons (Fsp3) is 0.562. The Balaban J connectivity index is 1.83. The number of hydrogen-bond acceptors (Lipinski definition) is 3. The molecule has 20 heavy (non-hydrogen) atoms. The SMILES string of the molecule is COc1cc(C=O)ccc1OCC[NH+]1CCC(C)CC1. The number of rotatable bonds is 6. The van der Waals surface area contributed by atoms with Gasteiger partial charge < -0.3 is 14.4 Å². The Morgan fingerprint density at radius 1 is 1.30 bits per heavy atom. The smallest absolute Gasteiger partial charge is 0.161 e. The van der Waals surface area contributed by atoms with Crippen LogP contribution in [0.3, 0.4) is 0 Å². The lowest BCUT2D eigenvalue weighted by molar-refractivity contribution is -0.906. The monoisotopic (exact) mass is 278 g/mol. The van der Waals surface area contributed by atoms with Gasteiger partial charge in [0, 0.05) is 5.56 Å². The van der Waals surface area contributed by atoms with E-state index >= 15 is 0 Å². The first kappa shape index (κ1) is 14.9. The van der Waals surface area contributed by atoms with Gasteiger partial charge in [0.05, 0.1) is 20.2 Å². The summed E-state index contributed by atoms with van der Waals surface area (Å²) < 4.78 is 11.0. The van der Waals surface area contributed by atoms with Crippen LogP contribution in [-0.4, -0.2) is 39.6 Å². The maximum atomic E-state index is 10.7. The van der Waals surface area contributed by atoms with Crippen LogP contribution in [0.5, 0.6) is 11.5 Å². The van der Waals surface area contributed by atoms with E-state index in [2.05, 4.69) is 6.92 Å². The van der Waals surface area contributed by atoms with Crippen LogP contribution in [0, 0.1) is 5.92 Å². The average molecular weight is 278 g/mol. The van der Waals surface area contributed by atoms with Crippen molar-refractivity contribution in [1.29, 1.82) is 0 Å². The summed E-state index contributed by atoms with van der Waals surface area (Å²) in [6.07, 6.45) is 3.44. The first-order valence-corrected chi connectivity index (χ1v) is 7.32. The standard InChI is InChI=1S/C16H23NO3/c1-13-5-7-17(8-6-13)9-10-20-15-4-3-14(12-18)11-16(15)19-2/h3-4,11-13H,5-10H2,1-2H3/p+1. The second-order valence-electron chi connectivity index (χ2n) is 5.56. The first-order valence-electron chi connectivity index (χ1n) is 7.32. The van der Waals surface area contributed by atoms with Crippen LogP contribution in [0.4, 0.5) is 0 Å². The van der Waals surface area contributed by atoms with Gasteiger partial charge in [-0.2, -0.15) is 0 Å². The maximum absolute atomic E-state index is 10.7. The van der Waals surface area contributed by atoms with Crippen molar-refractivity contribution in [3.8, 4) is 11.5 Å². The van der Waals surface area contributed by atoms with Crippen molar-refractivity contribution in [2.75, 3.05) is 33.4 Å². The third-order valence-electron chi connectivity index (χ3n) is 4.02. The fourth-order valence-corrected chi connectivity index (χ4v) is 2.60. The molecule has 1 N–H and O–H groups in total. The molecule has 4 nitrogen and oxygen atoms in total. The van der Waals surface area contributed by atoms with Gasteiger partial charge in [0.2, 0.25) is 0 Å². The van der Waals surface area contributed by atoms with Crippen LogP contribution in [0.25, 0.3) is 0 Å². The Kier molecular flexibility index (Phi) is 5.41. The van der Waals surface area contributed by atoms with E-state index in [9.17, 15) is 4.79 Å². The Labute approximate surface area is 120 Å². The van der Waals surface area contributed by atoms with Gasteiger partial charge in [-0.15, -0.1) is 0 Å². The zero-order chi connectivity index (χ0) is 14.4. The Morgan fingerprint density at radius 2 is 2.05 bits per heavy atom. The molecule has 0 atom stereocenters. The second-order valence-corrected chi connectivity index (χ2v) is 5.56. The number of likely N-dealkylation sites (tertiary alicyclic amines) is 1. The lowest BCUT2D eigenvalue weighted by atomic mass is 9.99. The van der Waals surface area contributed by atoms with Crippen molar-refractivity contribution >= 4 is 6.29 Å². The largest absolute Gasteiger partial charge is 0.493 e. The molecule has 4 heteroatoms. The van der Waals surface area contributed by atoms with E-state index < -0.39 is 0 Å². The number of benzene rings is 1. The summed E-state index contributed by atoms with van der Waals surface area (Å²) in [5.41, 5.74) is 0.602. The number of carbonyl (C=O) groups excluding carboxylic acids is 1. The Bertz CT molecular complexity index is 439. The molecule has 1 aliphatic rings. The number of aldehydes is 1. The second kappa shape index (κ2) is 7.29. The van der Waals surface area contributed by atoms with Gasteiger partial charge in [-0.3, -0.25) is 4.79 Å². The maximum Gasteiger partial charge on any atom is 0.161 e. The molecule has 1 aliphatic heterocycles. The van der Waals surface area contributed by atoms with Crippen LogP contribution in [0.2, 0.25) is 0 Å². The highest BCUT2D eigenvalue weighted by molar-refractivity contribution is 5.76. The molecule has 0 radical (unpaired) electrons. The van der Waals surface area contributed by atoms with E-state index in [1.165, 1.54) is 25.9 Å². The fourth-order valence-electron chi connectivity index (χ4n) is 2.60. The summed E-state index contributed by atoms with van der Waals surface area (Å²) in [7, 11) is 1.59. The first-order chi connectivity index (χ1) is 9.72. The molecule has 0 aliphatic carbocycles. The molecule has 110 valence electrons. The molecule has 1 aromatic carbocycles. The summed E-state index contributed by atoms with van der Waals surface area (Å²) in [4.78, 5) is 12.4. The zero-order valence-corrected chi connectivity index (χ0v) is 12.4. The lowest BCUT2D eigenvalue weighted by Gasteiger charge is -2.27. The molecule has 0 saturated carbocycles. The van der Waals surface area contributed by atoms with E-state index in [1.807, 2.05) is 0 Å². The highest BCUT2D eigenvalue weighted by atomic mass is 16.5. The zero-order valence-electron chi connectivity index (χ0n) is 12.4. The molecular formula is C16H24NO3+. The lowest BCUT2D eigenvalue weighted by Crippen LogP contribution is -3.13. The van der Waals surface area contributed by atoms with Gasteiger partial charge in [0.1, 0.15) is 19.4 Å². The summed E-state index contributed by atoms with van der Waals surface area (Å²) in [5.74, 6) is 2.20. The molecule has 0 bridgehead atoms. The molecule has 1 aromatic rings. The number of methoxy groups -OCH3 is 1. The molecule has 1 heterocycles. The molecular weight excluding hydrogens is 254 g/mol. The van der Waals surface area contributed by atoms with Gasteiger partial charge in [-0.1, -0.05) is 6.92 Å². The predicted molar refractivity (Wildman–Crippen MR) is 77.8 cm³/mol. The predicted octanol–water partition coefficient (Wildman–Crippen LogP) is 1.20. The molecule has 2 rings (SSSR count). The summed E-state index contributed by atoms with van der Waals surface area (Å²) in [5, 5.41) is 0. The third-order valence-corrected chi connectivity index (χ3v) is 4.02. The van der Waals surface area contributed by atoms with Gasteiger partial charge >= 0.3 is 0 Å². The molecule has 0 aromatic heterocycles. The van der Waals surface area contributed by atoms with Gasteiger partial charge in [-0.05, 0) is 37.0 Å². The molecule has 0 amide bonds. The number of ether oxygens (including phenoxy) is 2. The highest BCUT2D eigenvalue weighted by Gasteiger charge is 2.18. The van der Waals surface area contributed by atoms with Gasteiger partial charge in [0.25, 0.3) is 0 Å². The van der Waals surface area contributed by atoms with Crippen molar-refractivity contribution in [1.82, 2.24) is 0 Å². The minimum absolute atomic E-state index is 0.602. The Hall–Kier alpha value is -1.55. The normalized spacial score (nSPS) is 22.3. The number of hydrogen-bond donors (Lipinski definition) is 1.